The third-order valence-corrected chi connectivity index (χ3v) is 3.37. The van der Waals surface area contributed by atoms with E-state index in [1.54, 1.807) is 18.5 Å². The van der Waals surface area contributed by atoms with Gasteiger partial charge >= 0.3 is 0 Å². The van der Waals surface area contributed by atoms with E-state index in [1.165, 1.54) is 11.1 Å². The number of nitrogens with zero attached hydrogens (tertiary/aromatic N) is 4. The second kappa shape index (κ2) is 7.04. The van der Waals surface area contributed by atoms with Crippen LogP contribution in [0.5, 0.6) is 5.75 Å². The van der Waals surface area contributed by atoms with Gasteiger partial charge in [-0.15, -0.1) is 5.10 Å². The fourth-order valence-electron chi connectivity index (χ4n) is 2.08. The van der Waals surface area contributed by atoms with E-state index in [0.717, 1.165) is 13.0 Å². The van der Waals surface area contributed by atoms with Gasteiger partial charge in [-0.05, 0) is 17.2 Å². The van der Waals surface area contributed by atoms with E-state index in [2.05, 4.69) is 39.6 Å². The molecule has 2 heterocycles. The molecule has 0 aliphatic carbocycles. The highest BCUT2D eigenvalue weighted by atomic mass is 35.5. The minimum Gasteiger partial charge on any atom is -0.491 e. The third kappa shape index (κ3) is 4.05. The van der Waals surface area contributed by atoms with Crippen molar-refractivity contribution in [3.63, 3.8) is 0 Å². The van der Waals surface area contributed by atoms with Gasteiger partial charge in [0.1, 0.15) is 5.75 Å². The summed E-state index contributed by atoms with van der Waals surface area (Å²) in [5, 5.41) is 11.9. The largest absolute Gasteiger partial charge is 0.491 e. The topological polar surface area (TPSA) is 52.8 Å². The molecule has 0 saturated heterocycles. The van der Waals surface area contributed by atoms with Gasteiger partial charge in [-0.1, -0.05) is 35.9 Å². The Labute approximate surface area is 133 Å². The smallest absolute Gasteiger partial charge is 0.155 e. The van der Waals surface area contributed by atoms with Gasteiger partial charge in [0.15, 0.2) is 5.15 Å². The Kier molecular flexibility index (Phi) is 4.65. The Bertz CT molecular complexity index is 713. The molecule has 112 valence electrons. The number of ether oxygens (including phenoxy) is 1. The zero-order chi connectivity index (χ0) is 15.2. The maximum atomic E-state index is 5.76. The van der Waals surface area contributed by atoms with Crippen LogP contribution >= 0.6 is 11.6 Å². The predicted octanol–water partition coefficient (Wildman–Crippen LogP) is 3.00. The monoisotopic (exact) mass is 314 g/mol. The second-order valence-corrected chi connectivity index (χ2v) is 5.22. The first-order chi connectivity index (χ1) is 10.8. The van der Waals surface area contributed by atoms with Crippen molar-refractivity contribution in [3.05, 3.63) is 71.3 Å². The van der Waals surface area contributed by atoms with E-state index >= 15 is 0 Å². The number of rotatable bonds is 6. The lowest BCUT2D eigenvalue weighted by molar-refractivity contribution is 0.320. The Morgan fingerprint density at radius 3 is 2.68 bits per heavy atom. The molecule has 6 heteroatoms. The number of hydrogen-bond acceptors (Lipinski definition) is 4. The molecule has 0 radical (unpaired) electrons. The van der Waals surface area contributed by atoms with Crippen LogP contribution in [0.3, 0.4) is 0 Å². The summed E-state index contributed by atoms with van der Waals surface area (Å²) in [4.78, 5) is 0. The van der Waals surface area contributed by atoms with E-state index in [-0.39, 0.29) is 0 Å². The molecule has 3 rings (SSSR count). The molecular weight excluding hydrogens is 300 g/mol. The van der Waals surface area contributed by atoms with Crippen LogP contribution in [0.15, 0.2) is 55.0 Å². The van der Waals surface area contributed by atoms with Crippen molar-refractivity contribution in [2.75, 3.05) is 6.61 Å². The van der Waals surface area contributed by atoms with Crippen molar-refractivity contribution < 1.29 is 4.74 Å². The second-order valence-electron chi connectivity index (χ2n) is 4.83. The van der Waals surface area contributed by atoms with Crippen molar-refractivity contribution in [2.45, 2.75) is 13.0 Å². The Morgan fingerprint density at radius 2 is 1.95 bits per heavy atom. The van der Waals surface area contributed by atoms with Crippen LogP contribution in [0, 0.1) is 0 Å². The number of benzene rings is 1. The van der Waals surface area contributed by atoms with Gasteiger partial charge in [-0.2, -0.15) is 10.2 Å². The first-order valence-corrected chi connectivity index (χ1v) is 7.34. The van der Waals surface area contributed by atoms with Gasteiger partial charge in [0, 0.05) is 24.9 Å². The maximum absolute atomic E-state index is 5.76. The van der Waals surface area contributed by atoms with Crippen LogP contribution < -0.4 is 4.74 Å². The normalized spacial score (nSPS) is 10.6. The minimum absolute atomic E-state index is 0.334. The third-order valence-electron chi connectivity index (χ3n) is 3.19. The van der Waals surface area contributed by atoms with Gasteiger partial charge in [-0.3, -0.25) is 4.68 Å². The fraction of sp³-hybridized carbons (Fsp3) is 0.188. The van der Waals surface area contributed by atoms with Crippen molar-refractivity contribution >= 4 is 11.6 Å². The zero-order valence-corrected chi connectivity index (χ0v) is 12.6. The molecule has 0 bridgehead atoms. The summed E-state index contributed by atoms with van der Waals surface area (Å²) < 4.78 is 7.51. The molecule has 2 aromatic heterocycles. The van der Waals surface area contributed by atoms with Crippen molar-refractivity contribution in [1.29, 1.82) is 0 Å². The zero-order valence-electron chi connectivity index (χ0n) is 11.9. The molecular formula is C16H15ClN4O. The first-order valence-electron chi connectivity index (χ1n) is 6.96. The minimum atomic E-state index is 0.334. The lowest BCUT2D eigenvalue weighted by Crippen LogP contribution is -2.03. The fourth-order valence-corrected chi connectivity index (χ4v) is 2.23. The molecule has 5 nitrogen and oxygen atoms in total. The summed E-state index contributed by atoms with van der Waals surface area (Å²) in [6, 6.07) is 12.0. The molecule has 0 aliphatic heterocycles. The summed E-state index contributed by atoms with van der Waals surface area (Å²) in [7, 11) is 0. The predicted molar refractivity (Wildman–Crippen MR) is 84.0 cm³/mol. The number of aromatic nitrogens is 4. The van der Waals surface area contributed by atoms with Crippen molar-refractivity contribution in [1.82, 2.24) is 20.0 Å². The molecule has 0 aliphatic rings. The van der Waals surface area contributed by atoms with Crippen LogP contribution in [0.25, 0.3) is 0 Å². The SMILES string of the molecule is Clc1cc(OCCc2ccc(Cn3cccn3)cc2)cnn1. The summed E-state index contributed by atoms with van der Waals surface area (Å²) in [5.74, 6) is 0.635. The maximum Gasteiger partial charge on any atom is 0.155 e. The Hall–Kier alpha value is -2.40. The molecule has 0 N–H and O–H groups in total. The highest BCUT2D eigenvalue weighted by molar-refractivity contribution is 6.29. The summed E-state index contributed by atoms with van der Waals surface area (Å²) in [5.41, 5.74) is 2.44. The summed E-state index contributed by atoms with van der Waals surface area (Å²) in [6.07, 6.45) is 6.11. The molecule has 22 heavy (non-hydrogen) atoms. The average molecular weight is 315 g/mol. The van der Waals surface area contributed by atoms with E-state index in [1.807, 2.05) is 16.9 Å². The van der Waals surface area contributed by atoms with Crippen LogP contribution in [0.1, 0.15) is 11.1 Å². The van der Waals surface area contributed by atoms with Crippen LogP contribution in [-0.2, 0) is 13.0 Å². The summed E-state index contributed by atoms with van der Waals surface area (Å²) in [6.45, 7) is 1.35. The lowest BCUT2D eigenvalue weighted by Gasteiger charge is -2.07. The molecule has 0 saturated carbocycles. The quantitative estimate of drug-likeness (QED) is 0.702. The molecule has 0 amide bonds. The van der Waals surface area contributed by atoms with Gasteiger partial charge in [0.25, 0.3) is 0 Å². The van der Waals surface area contributed by atoms with Crippen LogP contribution in [0.2, 0.25) is 5.15 Å². The van der Waals surface area contributed by atoms with Crippen LogP contribution in [0.4, 0.5) is 0 Å². The number of halogens is 1. The molecule has 3 aromatic rings. The van der Waals surface area contributed by atoms with Crippen molar-refractivity contribution in [3.8, 4) is 5.75 Å². The highest BCUT2D eigenvalue weighted by Crippen LogP contribution is 2.13. The van der Waals surface area contributed by atoms with Gasteiger partial charge in [0.05, 0.1) is 19.3 Å². The molecule has 0 atom stereocenters. The van der Waals surface area contributed by atoms with E-state index in [4.69, 9.17) is 16.3 Å². The Morgan fingerprint density at radius 1 is 1.14 bits per heavy atom. The number of hydrogen-bond donors (Lipinski definition) is 0. The van der Waals surface area contributed by atoms with Crippen molar-refractivity contribution in [2.24, 2.45) is 0 Å². The molecule has 0 unspecified atom stereocenters. The highest BCUT2D eigenvalue weighted by Gasteiger charge is 2.00. The van der Waals surface area contributed by atoms with E-state index in [9.17, 15) is 0 Å². The van der Waals surface area contributed by atoms with Crippen LogP contribution in [-0.4, -0.2) is 26.6 Å². The average Bonchev–Trinajstić information content (AvgIpc) is 3.02. The van der Waals surface area contributed by atoms with Gasteiger partial charge < -0.3 is 4.74 Å². The van der Waals surface area contributed by atoms with E-state index < -0.39 is 0 Å². The molecule has 0 fully saturated rings. The van der Waals surface area contributed by atoms with E-state index in [0.29, 0.717) is 17.5 Å². The first kappa shape index (κ1) is 14.5. The lowest BCUT2D eigenvalue weighted by atomic mass is 10.1. The summed E-state index contributed by atoms with van der Waals surface area (Å²) >= 11 is 5.76. The molecule has 1 aromatic carbocycles. The Balaban J connectivity index is 1.51. The molecule has 0 spiro atoms. The van der Waals surface area contributed by atoms with Gasteiger partial charge in [-0.25, -0.2) is 0 Å². The van der Waals surface area contributed by atoms with Gasteiger partial charge in [0.2, 0.25) is 0 Å². The standard InChI is InChI=1S/C16H15ClN4O/c17-16-10-15(11-18-20-16)22-9-6-13-2-4-14(5-3-13)12-21-8-1-7-19-21/h1-5,7-8,10-11H,6,9,12H2.